The minimum Gasteiger partial charge on any atom is -0.462 e. The first-order chi connectivity index (χ1) is 25.5. The molecule has 0 bridgehead atoms. The van der Waals surface area contributed by atoms with Gasteiger partial charge in [0.25, 0.3) is 0 Å². The number of esters is 3. The quantitative estimate of drug-likeness (QED) is 0.0270. The Morgan fingerprint density at radius 2 is 0.654 bits per heavy atom. The van der Waals surface area contributed by atoms with E-state index in [0.29, 0.717) is 19.3 Å². The minimum atomic E-state index is -0.780. The van der Waals surface area contributed by atoms with Crippen molar-refractivity contribution in [3.05, 3.63) is 24.3 Å². The highest BCUT2D eigenvalue weighted by Gasteiger charge is 2.19. The average Bonchev–Trinajstić information content (AvgIpc) is 3.14. The second-order valence-corrected chi connectivity index (χ2v) is 15.0. The molecule has 0 saturated heterocycles. The lowest BCUT2D eigenvalue weighted by Crippen LogP contribution is -2.30. The Labute approximate surface area is 322 Å². The van der Waals surface area contributed by atoms with Crippen molar-refractivity contribution in [2.45, 2.75) is 239 Å². The van der Waals surface area contributed by atoms with Crippen molar-refractivity contribution >= 4 is 17.9 Å². The lowest BCUT2D eigenvalue weighted by molar-refractivity contribution is -0.167. The maximum atomic E-state index is 12.7. The summed E-state index contributed by atoms with van der Waals surface area (Å²) < 4.78 is 16.6. The lowest BCUT2D eigenvalue weighted by Gasteiger charge is -2.18. The fourth-order valence-corrected chi connectivity index (χ4v) is 6.26. The van der Waals surface area contributed by atoms with Crippen LogP contribution in [0.5, 0.6) is 0 Å². The number of carbonyl (C=O) groups is 3. The van der Waals surface area contributed by atoms with Gasteiger partial charge in [0.1, 0.15) is 13.2 Å². The third-order valence-electron chi connectivity index (χ3n) is 9.68. The van der Waals surface area contributed by atoms with Crippen LogP contribution in [0.3, 0.4) is 0 Å². The van der Waals surface area contributed by atoms with Crippen LogP contribution < -0.4 is 0 Å². The van der Waals surface area contributed by atoms with E-state index in [0.717, 1.165) is 70.6 Å². The minimum absolute atomic E-state index is 0.0851. The van der Waals surface area contributed by atoms with Gasteiger partial charge in [0.15, 0.2) is 6.10 Å². The third-order valence-corrected chi connectivity index (χ3v) is 9.68. The summed E-state index contributed by atoms with van der Waals surface area (Å²) in [5.74, 6) is -0.934. The summed E-state index contributed by atoms with van der Waals surface area (Å²) in [7, 11) is 0. The molecule has 0 heterocycles. The summed E-state index contributed by atoms with van der Waals surface area (Å²) in [6, 6.07) is 0. The van der Waals surface area contributed by atoms with Gasteiger partial charge in [-0.15, -0.1) is 0 Å². The van der Waals surface area contributed by atoms with E-state index in [9.17, 15) is 14.4 Å². The number of ether oxygens (including phenoxy) is 3. The molecule has 0 radical (unpaired) electrons. The molecule has 0 aromatic carbocycles. The van der Waals surface area contributed by atoms with Crippen molar-refractivity contribution in [2.24, 2.45) is 0 Å². The molecule has 0 aromatic rings. The van der Waals surface area contributed by atoms with Crippen LogP contribution in [0.2, 0.25) is 0 Å². The predicted molar refractivity (Wildman–Crippen MR) is 219 cm³/mol. The van der Waals surface area contributed by atoms with Crippen molar-refractivity contribution in [3.63, 3.8) is 0 Å². The fraction of sp³-hybridized carbons (Fsp3) is 0.848. The van der Waals surface area contributed by atoms with Crippen LogP contribution >= 0.6 is 0 Å². The molecule has 304 valence electrons. The van der Waals surface area contributed by atoms with E-state index in [-0.39, 0.29) is 31.1 Å². The molecule has 0 spiro atoms. The van der Waals surface area contributed by atoms with Gasteiger partial charge in [0.2, 0.25) is 0 Å². The molecule has 0 aliphatic rings. The Kier molecular flexibility index (Phi) is 40.0. The zero-order chi connectivity index (χ0) is 38.0. The van der Waals surface area contributed by atoms with Crippen LogP contribution in [-0.4, -0.2) is 37.2 Å². The van der Waals surface area contributed by atoms with Gasteiger partial charge < -0.3 is 14.2 Å². The zero-order valence-electron chi connectivity index (χ0n) is 34.6. The molecular weight excluding hydrogens is 649 g/mol. The Balaban J connectivity index is 4.38. The molecule has 0 N–H and O–H groups in total. The van der Waals surface area contributed by atoms with Crippen LogP contribution in [0, 0.1) is 0 Å². The van der Waals surface area contributed by atoms with E-state index >= 15 is 0 Å². The summed E-state index contributed by atoms with van der Waals surface area (Å²) in [5.41, 5.74) is 0. The largest absolute Gasteiger partial charge is 0.462 e. The molecule has 52 heavy (non-hydrogen) atoms. The highest BCUT2D eigenvalue weighted by atomic mass is 16.6. The molecule has 1 atom stereocenters. The van der Waals surface area contributed by atoms with E-state index < -0.39 is 6.10 Å². The summed E-state index contributed by atoms with van der Waals surface area (Å²) in [5, 5.41) is 0. The Morgan fingerprint density at radius 1 is 0.365 bits per heavy atom. The van der Waals surface area contributed by atoms with Gasteiger partial charge in [-0.3, -0.25) is 14.4 Å². The Morgan fingerprint density at radius 3 is 1.08 bits per heavy atom. The number of allylic oxidation sites excluding steroid dienone is 4. The molecule has 0 fully saturated rings. The van der Waals surface area contributed by atoms with Gasteiger partial charge in [-0.1, -0.05) is 173 Å². The van der Waals surface area contributed by atoms with Gasteiger partial charge >= 0.3 is 17.9 Å². The van der Waals surface area contributed by atoms with Crippen molar-refractivity contribution in [1.82, 2.24) is 0 Å². The fourth-order valence-electron chi connectivity index (χ4n) is 6.26. The third kappa shape index (κ3) is 39.1. The van der Waals surface area contributed by atoms with E-state index in [4.69, 9.17) is 14.2 Å². The van der Waals surface area contributed by atoms with Crippen molar-refractivity contribution in [2.75, 3.05) is 13.2 Å². The van der Waals surface area contributed by atoms with Gasteiger partial charge in [-0.2, -0.15) is 0 Å². The molecular formula is C46H84O6. The first kappa shape index (κ1) is 49.9. The molecule has 0 amide bonds. The summed E-state index contributed by atoms with van der Waals surface area (Å²) in [6.07, 6.45) is 44.5. The molecule has 0 aliphatic heterocycles. The van der Waals surface area contributed by atoms with Crippen LogP contribution in [-0.2, 0) is 28.6 Å². The molecule has 0 saturated carbocycles. The highest BCUT2D eigenvalue weighted by Crippen LogP contribution is 2.14. The predicted octanol–water partition coefficient (Wildman–Crippen LogP) is 14.0. The van der Waals surface area contributed by atoms with Gasteiger partial charge in [0.05, 0.1) is 0 Å². The van der Waals surface area contributed by atoms with Gasteiger partial charge in [0, 0.05) is 19.3 Å². The van der Waals surface area contributed by atoms with Crippen LogP contribution in [0.4, 0.5) is 0 Å². The Hall–Kier alpha value is -2.11. The zero-order valence-corrected chi connectivity index (χ0v) is 34.6. The second kappa shape index (κ2) is 41.6. The van der Waals surface area contributed by atoms with Crippen LogP contribution in [0.1, 0.15) is 233 Å². The smallest absolute Gasteiger partial charge is 0.306 e. The summed E-state index contributed by atoms with van der Waals surface area (Å²) in [6.45, 7) is 6.55. The summed E-state index contributed by atoms with van der Waals surface area (Å²) in [4.78, 5) is 37.6. The highest BCUT2D eigenvalue weighted by molar-refractivity contribution is 5.71. The molecule has 0 aromatic heterocycles. The van der Waals surface area contributed by atoms with E-state index in [1.165, 1.54) is 122 Å². The lowest BCUT2D eigenvalue weighted by atomic mass is 10.1. The van der Waals surface area contributed by atoms with Crippen molar-refractivity contribution < 1.29 is 28.6 Å². The maximum absolute atomic E-state index is 12.7. The first-order valence-corrected chi connectivity index (χ1v) is 22.3. The molecule has 1 unspecified atom stereocenters. The average molecular weight is 733 g/mol. The SMILES string of the molecule is CCCCCC/C=C\CCCC(=O)OCC(COC(=O)CCCCC/C=C\CCCCCCCCC)OC(=O)CCCCCCCCCCCCC. The van der Waals surface area contributed by atoms with Crippen LogP contribution in [0.15, 0.2) is 24.3 Å². The topological polar surface area (TPSA) is 78.9 Å². The summed E-state index contributed by atoms with van der Waals surface area (Å²) >= 11 is 0. The Bertz CT molecular complexity index is 850. The number of carbonyl (C=O) groups excluding carboxylic acids is 3. The monoisotopic (exact) mass is 733 g/mol. The first-order valence-electron chi connectivity index (χ1n) is 22.3. The second-order valence-electron chi connectivity index (χ2n) is 15.0. The van der Waals surface area contributed by atoms with E-state index in [1.807, 2.05) is 0 Å². The van der Waals surface area contributed by atoms with Gasteiger partial charge in [-0.25, -0.2) is 0 Å². The van der Waals surface area contributed by atoms with Crippen molar-refractivity contribution in [1.29, 1.82) is 0 Å². The standard InChI is InChI=1S/C46H84O6/c1-4-7-10-13-16-19-21-22-23-25-27-30-33-36-39-45(48)51-42-43(41-50-44(47)38-35-32-29-26-18-15-12-9-6-3)52-46(49)40-37-34-31-28-24-20-17-14-11-8-5-2/h23,25-26,29,43H,4-22,24,27-28,30-42H2,1-3H3/b25-23-,29-26-. The van der Waals surface area contributed by atoms with Gasteiger partial charge in [-0.05, 0) is 64.2 Å². The number of rotatable bonds is 40. The molecule has 6 nitrogen and oxygen atoms in total. The van der Waals surface area contributed by atoms with Crippen molar-refractivity contribution in [3.8, 4) is 0 Å². The normalized spacial score (nSPS) is 12.1. The number of unbranched alkanes of at least 4 members (excludes halogenated alkanes) is 25. The molecule has 0 rings (SSSR count). The maximum Gasteiger partial charge on any atom is 0.306 e. The molecule has 0 aliphatic carbocycles. The van der Waals surface area contributed by atoms with E-state index in [2.05, 4.69) is 45.1 Å². The van der Waals surface area contributed by atoms with Crippen LogP contribution in [0.25, 0.3) is 0 Å². The number of hydrogen-bond acceptors (Lipinski definition) is 6. The van der Waals surface area contributed by atoms with E-state index in [1.54, 1.807) is 0 Å². The number of hydrogen-bond donors (Lipinski definition) is 0. The molecule has 6 heteroatoms.